The Morgan fingerprint density at radius 3 is 2.14 bits per heavy atom. The Kier molecular flexibility index (Phi) is 6.20. The van der Waals surface area contributed by atoms with E-state index in [9.17, 15) is 0 Å². The minimum Gasteiger partial charge on any atom is -0.330 e. The van der Waals surface area contributed by atoms with Gasteiger partial charge in [-0.15, -0.1) is 0 Å². The van der Waals surface area contributed by atoms with E-state index in [1.54, 1.807) is 6.07 Å². The zero-order valence-corrected chi connectivity index (χ0v) is 13.8. The van der Waals surface area contributed by atoms with Crippen molar-refractivity contribution < 1.29 is 0 Å². The molecular formula is C14H14ClN5S2. The summed E-state index contributed by atoms with van der Waals surface area (Å²) in [4.78, 5) is 0. The molecule has 0 amide bonds. The molecule has 0 fully saturated rings. The lowest BCUT2D eigenvalue weighted by Gasteiger charge is -2.15. The van der Waals surface area contributed by atoms with Crippen molar-refractivity contribution in [3.05, 3.63) is 59.6 Å². The largest absolute Gasteiger partial charge is 0.330 e. The number of thiocarbonyl (C=S) groups is 2. The first-order chi connectivity index (χ1) is 10.6. The average molecular weight is 352 g/mol. The molecule has 5 N–H and O–H groups in total. The van der Waals surface area contributed by atoms with Gasteiger partial charge in [-0.1, -0.05) is 41.9 Å². The van der Waals surface area contributed by atoms with Crippen molar-refractivity contribution in [3.63, 3.8) is 0 Å². The van der Waals surface area contributed by atoms with Crippen LogP contribution in [0, 0.1) is 0 Å². The predicted molar refractivity (Wildman–Crippen MR) is 99.7 cm³/mol. The number of rotatable bonds is 3. The summed E-state index contributed by atoms with van der Waals surface area (Å²) in [7, 11) is 0. The van der Waals surface area contributed by atoms with Crippen LogP contribution in [0.5, 0.6) is 0 Å². The summed E-state index contributed by atoms with van der Waals surface area (Å²) >= 11 is 16.3. The molecule has 2 aromatic carbocycles. The molecule has 114 valence electrons. The summed E-state index contributed by atoms with van der Waals surface area (Å²) in [5.41, 5.74) is 12.9. The second-order valence-electron chi connectivity index (χ2n) is 4.13. The van der Waals surface area contributed by atoms with Crippen LogP contribution in [0.25, 0.3) is 0 Å². The van der Waals surface area contributed by atoms with E-state index in [1.807, 2.05) is 48.5 Å². The number of benzene rings is 2. The van der Waals surface area contributed by atoms with Gasteiger partial charge in [-0.2, -0.15) is 0 Å². The standard InChI is InChI=1S/C14H14ClN5S2/c15-11-8-4-5-9-12(11)16-13(21)18-20-14(22)19-17-10-6-2-1-3-7-10/h1-9,17H,(H2,16,18,21)(H2,19,20,22). The van der Waals surface area contributed by atoms with E-state index in [1.165, 1.54) is 0 Å². The molecule has 0 saturated heterocycles. The zero-order chi connectivity index (χ0) is 15.8. The van der Waals surface area contributed by atoms with Crippen molar-refractivity contribution in [2.24, 2.45) is 0 Å². The monoisotopic (exact) mass is 351 g/mol. The highest BCUT2D eigenvalue weighted by Gasteiger charge is 2.02. The lowest BCUT2D eigenvalue weighted by atomic mass is 10.3. The van der Waals surface area contributed by atoms with E-state index in [0.29, 0.717) is 20.9 Å². The van der Waals surface area contributed by atoms with Crippen LogP contribution in [0.4, 0.5) is 11.4 Å². The molecule has 0 unspecified atom stereocenters. The fraction of sp³-hybridized carbons (Fsp3) is 0. The summed E-state index contributed by atoms with van der Waals surface area (Å²) in [5, 5.41) is 4.22. The van der Waals surface area contributed by atoms with Gasteiger partial charge in [0.25, 0.3) is 0 Å². The maximum absolute atomic E-state index is 6.03. The fourth-order valence-electron chi connectivity index (χ4n) is 1.51. The minimum atomic E-state index is 0.340. The molecule has 2 rings (SSSR count). The minimum absolute atomic E-state index is 0.340. The van der Waals surface area contributed by atoms with Gasteiger partial charge in [0.05, 0.1) is 16.4 Å². The van der Waals surface area contributed by atoms with Crippen LogP contribution >= 0.6 is 36.0 Å². The molecule has 2 aromatic rings. The molecule has 22 heavy (non-hydrogen) atoms. The molecule has 0 saturated carbocycles. The van der Waals surface area contributed by atoms with E-state index in [2.05, 4.69) is 27.0 Å². The summed E-state index contributed by atoms with van der Waals surface area (Å²) in [6, 6.07) is 16.9. The van der Waals surface area contributed by atoms with Gasteiger partial charge in [0.2, 0.25) is 5.11 Å². The predicted octanol–water partition coefficient (Wildman–Crippen LogP) is 3.03. The highest BCUT2D eigenvalue weighted by molar-refractivity contribution is 7.80. The molecule has 0 aliphatic carbocycles. The van der Waals surface area contributed by atoms with Gasteiger partial charge < -0.3 is 5.32 Å². The fourth-order valence-corrected chi connectivity index (χ4v) is 1.96. The maximum Gasteiger partial charge on any atom is 0.204 e. The Morgan fingerprint density at radius 1 is 0.773 bits per heavy atom. The first-order valence-corrected chi connectivity index (χ1v) is 7.53. The van der Waals surface area contributed by atoms with Crippen molar-refractivity contribution in [2.75, 3.05) is 10.7 Å². The topological polar surface area (TPSA) is 60.1 Å². The van der Waals surface area contributed by atoms with Crippen molar-refractivity contribution in [3.8, 4) is 0 Å². The normalized spacial score (nSPS) is 9.50. The number of para-hydroxylation sites is 2. The van der Waals surface area contributed by atoms with Crippen molar-refractivity contribution in [1.29, 1.82) is 0 Å². The van der Waals surface area contributed by atoms with Gasteiger partial charge in [-0.25, -0.2) is 0 Å². The van der Waals surface area contributed by atoms with Crippen LogP contribution < -0.4 is 27.0 Å². The third kappa shape index (κ3) is 5.36. The molecule has 5 nitrogen and oxygen atoms in total. The average Bonchev–Trinajstić information content (AvgIpc) is 2.54. The maximum atomic E-state index is 6.03. The summed E-state index contributed by atoms with van der Waals surface area (Å²) in [6.45, 7) is 0. The van der Waals surface area contributed by atoms with Gasteiger partial charge in [0.1, 0.15) is 0 Å². The molecule has 0 aliphatic heterocycles. The third-order valence-corrected chi connectivity index (χ3v) is 3.24. The van der Waals surface area contributed by atoms with Gasteiger partial charge >= 0.3 is 0 Å². The van der Waals surface area contributed by atoms with Gasteiger partial charge in [-0.3, -0.25) is 21.7 Å². The van der Waals surface area contributed by atoms with E-state index in [-0.39, 0.29) is 0 Å². The summed E-state index contributed by atoms with van der Waals surface area (Å²) < 4.78 is 0. The zero-order valence-electron chi connectivity index (χ0n) is 11.4. The number of hydrogen-bond acceptors (Lipinski definition) is 3. The molecule has 0 radical (unpaired) electrons. The molecule has 0 aliphatic rings. The van der Waals surface area contributed by atoms with E-state index < -0.39 is 0 Å². The van der Waals surface area contributed by atoms with Crippen LogP contribution in [-0.4, -0.2) is 10.2 Å². The lowest BCUT2D eigenvalue weighted by Crippen LogP contribution is -2.49. The SMILES string of the molecule is S=C(NNC(=S)Nc1ccccc1Cl)NNc1ccccc1. The molecule has 0 heterocycles. The first kappa shape index (κ1) is 16.3. The summed E-state index contributed by atoms with van der Waals surface area (Å²) in [6.07, 6.45) is 0. The Morgan fingerprint density at radius 2 is 1.41 bits per heavy atom. The van der Waals surface area contributed by atoms with E-state index >= 15 is 0 Å². The van der Waals surface area contributed by atoms with Crippen LogP contribution in [0.1, 0.15) is 0 Å². The van der Waals surface area contributed by atoms with Crippen molar-refractivity contribution >= 4 is 57.6 Å². The van der Waals surface area contributed by atoms with Crippen LogP contribution in [0.3, 0.4) is 0 Å². The van der Waals surface area contributed by atoms with Gasteiger partial charge in [0, 0.05) is 0 Å². The number of anilines is 2. The van der Waals surface area contributed by atoms with E-state index in [4.69, 9.17) is 36.0 Å². The Bertz CT molecular complexity index is 651. The number of hydrazine groups is 2. The number of hydrogen-bond donors (Lipinski definition) is 5. The Hall–Kier alpha value is -2.09. The Balaban J connectivity index is 1.72. The molecule has 8 heteroatoms. The third-order valence-electron chi connectivity index (χ3n) is 2.51. The van der Waals surface area contributed by atoms with Gasteiger partial charge in [0.15, 0.2) is 5.11 Å². The van der Waals surface area contributed by atoms with Crippen LogP contribution in [0.15, 0.2) is 54.6 Å². The van der Waals surface area contributed by atoms with Crippen LogP contribution in [0.2, 0.25) is 5.02 Å². The Labute approximate surface area is 144 Å². The van der Waals surface area contributed by atoms with E-state index in [0.717, 1.165) is 5.69 Å². The van der Waals surface area contributed by atoms with Crippen molar-refractivity contribution in [1.82, 2.24) is 16.3 Å². The molecule has 0 spiro atoms. The second kappa shape index (κ2) is 8.38. The first-order valence-electron chi connectivity index (χ1n) is 6.34. The van der Waals surface area contributed by atoms with Crippen molar-refractivity contribution in [2.45, 2.75) is 0 Å². The number of halogens is 1. The second-order valence-corrected chi connectivity index (χ2v) is 5.35. The number of nitrogens with one attached hydrogen (secondary N) is 5. The highest BCUT2D eigenvalue weighted by Crippen LogP contribution is 2.19. The highest BCUT2D eigenvalue weighted by atomic mass is 35.5. The van der Waals surface area contributed by atoms with Crippen LogP contribution in [-0.2, 0) is 0 Å². The molecule has 0 atom stereocenters. The summed E-state index contributed by atoms with van der Waals surface area (Å²) in [5.74, 6) is 0. The smallest absolute Gasteiger partial charge is 0.204 e. The molecule has 0 bridgehead atoms. The van der Waals surface area contributed by atoms with Gasteiger partial charge in [-0.05, 0) is 48.7 Å². The molecular weight excluding hydrogens is 338 g/mol. The molecule has 0 aromatic heterocycles. The quantitative estimate of drug-likeness (QED) is 0.430. The lowest BCUT2D eigenvalue weighted by molar-refractivity contribution is 0.850.